The van der Waals surface area contributed by atoms with Gasteiger partial charge in [-0.3, -0.25) is 4.72 Å². The van der Waals surface area contributed by atoms with Crippen molar-refractivity contribution in [1.82, 2.24) is 10.2 Å². The summed E-state index contributed by atoms with van der Waals surface area (Å²) >= 11 is 1.37. The Kier molecular flexibility index (Phi) is 7.70. The van der Waals surface area contributed by atoms with Crippen LogP contribution in [0, 0.1) is 0 Å². The fraction of sp³-hybridized carbons (Fsp3) is 0.579. The van der Waals surface area contributed by atoms with Crippen LogP contribution in [0.25, 0.3) is 0 Å². The highest BCUT2D eigenvalue weighted by molar-refractivity contribution is 7.92. The van der Waals surface area contributed by atoms with E-state index >= 15 is 0 Å². The maximum atomic E-state index is 12.3. The zero-order valence-electron chi connectivity index (χ0n) is 17.9. The zero-order valence-corrected chi connectivity index (χ0v) is 19.6. The smallest absolute Gasteiger partial charge is 0.251 e. The average molecular weight is 439 g/mol. The molecule has 0 saturated heterocycles. The second-order valence-corrected chi connectivity index (χ2v) is 10.4. The molecule has 0 unspecified atom stereocenters. The lowest BCUT2D eigenvalue weighted by atomic mass is 9.98. The highest BCUT2D eigenvalue weighted by atomic mass is 32.2. The summed E-state index contributed by atoms with van der Waals surface area (Å²) in [4.78, 5) is 2.14. The van der Waals surface area contributed by atoms with Gasteiger partial charge in [0.2, 0.25) is 10.0 Å². The molecule has 1 aromatic carbocycles. The molecule has 0 bridgehead atoms. The summed E-state index contributed by atoms with van der Waals surface area (Å²) in [5, 5.41) is 18.0. The van der Waals surface area contributed by atoms with E-state index in [1.54, 1.807) is 12.1 Å². The SMILES string of the molecule is CCCS(=O)(=O)Nc1cc(N(CC)CC)ccc1N=Nc1nnc(C(C)(C)C)s1. The molecule has 0 aliphatic rings. The number of hydrogen-bond donors (Lipinski definition) is 1. The van der Waals surface area contributed by atoms with Gasteiger partial charge in [0.15, 0.2) is 0 Å². The fourth-order valence-electron chi connectivity index (χ4n) is 2.62. The van der Waals surface area contributed by atoms with Crippen LogP contribution < -0.4 is 9.62 Å². The van der Waals surface area contributed by atoms with E-state index in [9.17, 15) is 8.42 Å². The summed E-state index contributed by atoms with van der Waals surface area (Å²) in [5.74, 6) is 0.0461. The van der Waals surface area contributed by atoms with Gasteiger partial charge in [-0.15, -0.1) is 20.4 Å². The summed E-state index contributed by atoms with van der Waals surface area (Å²) in [6.45, 7) is 13.7. The zero-order chi connectivity index (χ0) is 21.7. The number of anilines is 2. The van der Waals surface area contributed by atoms with Gasteiger partial charge in [0.05, 0.1) is 11.4 Å². The van der Waals surface area contributed by atoms with Crippen molar-refractivity contribution in [2.24, 2.45) is 10.2 Å². The van der Waals surface area contributed by atoms with Gasteiger partial charge in [-0.1, -0.05) is 39.0 Å². The molecule has 10 heteroatoms. The minimum Gasteiger partial charge on any atom is -0.372 e. The van der Waals surface area contributed by atoms with Crippen LogP contribution in [0.15, 0.2) is 28.4 Å². The van der Waals surface area contributed by atoms with E-state index in [2.05, 4.69) is 64.7 Å². The lowest BCUT2D eigenvalue weighted by Gasteiger charge is -2.22. The maximum absolute atomic E-state index is 12.3. The lowest BCUT2D eigenvalue weighted by Crippen LogP contribution is -2.22. The molecule has 0 radical (unpaired) electrons. The predicted octanol–water partition coefficient (Wildman–Crippen LogP) is 5.25. The van der Waals surface area contributed by atoms with E-state index in [0.717, 1.165) is 23.8 Å². The molecular weight excluding hydrogens is 408 g/mol. The first kappa shape index (κ1) is 23.2. The van der Waals surface area contributed by atoms with Gasteiger partial charge >= 0.3 is 0 Å². The van der Waals surface area contributed by atoms with E-state index < -0.39 is 10.0 Å². The molecule has 1 heterocycles. The van der Waals surface area contributed by atoms with Crippen molar-refractivity contribution in [3.8, 4) is 0 Å². The second kappa shape index (κ2) is 9.62. The normalized spacial score (nSPS) is 12.5. The molecule has 160 valence electrons. The van der Waals surface area contributed by atoms with Gasteiger partial charge in [-0.2, -0.15) is 0 Å². The van der Waals surface area contributed by atoms with Gasteiger partial charge in [0.25, 0.3) is 5.13 Å². The van der Waals surface area contributed by atoms with Gasteiger partial charge in [-0.25, -0.2) is 8.42 Å². The molecule has 0 aliphatic heterocycles. The Morgan fingerprint density at radius 1 is 1.10 bits per heavy atom. The summed E-state index contributed by atoms with van der Waals surface area (Å²) in [5.41, 5.74) is 1.66. The second-order valence-electron chi connectivity index (χ2n) is 7.63. The van der Waals surface area contributed by atoms with Crippen LogP contribution in [0.4, 0.5) is 22.2 Å². The Balaban J connectivity index is 2.40. The van der Waals surface area contributed by atoms with Crippen molar-refractivity contribution in [2.45, 2.75) is 53.4 Å². The van der Waals surface area contributed by atoms with Crippen molar-refractivity contribution in [3.63, 3.8) is 0 Å². The molecule has 0 fully saturated rings. The minimum atomic E-state index is -3.46. The number of azo groups is 1. The Bertz CT molecular complexity index is 944. The number of benzene rings is 1. The molecule has 0 saturated carbocycles. The van der Waals surface area contributed by atoms with Gasteiger partial charge < -0.3 is 4.90 Å². The lowest BCUT2D eigenvalue weighted by molar-refractivity contribution is 0.578. The Labute approximate surface area is 177 Å². The van der Waals surface area contributed by atoms with Crippen LogP contribution >= 0.6 is 11.3 Å². The molecule has 1 N–H and O–H groups in total. The van der Waals surface area contributed by atoms with Gasteiger partial charge in [0.1, 0.15) is 10.7 Å². The molecule has 0 aliphatic carbocycles. The molecule has 0 amide bonds. The maximum Gasteiger partial charge on any atom is 0.251 e. The molecule has 2 rings (SSSR count). The molecule has 0 spiro atoms. The predicted molar refractivity (Wildman–Crippen MR) is 120 cm³/mol. The van der Waals surface area contributed by atoms with Crippen LogP contribution in [0.1, 0.15) is 53.0 Å². The molecule has 29 heavy (non-hydrogen) atoms. The monoisotopic (exact) mass is 438 g/mol. The van der Waals surface area contributed by atoms with Crippen LogP contribution in [-0.4, -0.2) is 37.5 Å². The number of sulfonamides is 1. The third kappa shape index (κ3) is 6.46. The van der Waals surface area contributed by atoms with E-state index in [1.165, 1.54) is 11.3 Å². The standard InChI is InChI=1S/C19H30N6O2S2/c1-7-12-29(26,27)24-16-13-14(25(8-2)9-3)10-11-15(16)20-22-18-23-21-17(28-18)19(4,5)6/h10-11,13,24H,7-9,12H2,1-6H3. The third-order valence-electron chi connectivity index (χ3n) is 4.15. The topological polar surface area (TPSA) is 99.9 Å². The van der Waals surface area contributed by atoms with Gasteiger partial charge in [0, 0.05) is 24.2 Å². The van der Waals surface area contributed by atoms with Crippen molar-refractivity contribution in [2.75, 3.05) is 28.5 Å². The van der Waals surface area contributed by atoms with Crippen molar-refractivity contribution >= 4 is 43.6 Å². The van der Waals surface area contributed by atoms with E-state index in [0.29, 0.717) is 22.9 Å². The summed E-state index contributed by atoms with van der Waals surface area (Å²) < 4.78 is 27.3. The first-order chi connectivity index (χ1) is 13.6. The van der Waals surface area contributed by atoms with Crippen LogP contribution in [-0.2, 0) is 15.4 Å². The van der Waals surface area contributed by atoms with Crippen molar-refractivity contribution in [1.29, 1.82) is 0 Å². The van der Waals surface area contributed by atoms with Crippen molar-refractivity contribution < 1.29 is 8.42 Å². The van der Waals surface area contributed by atoms with E-state index in [1.807, 2.05) is 13.0 Å². The first-order valence-electron chi connectivity index (χ1n) is 9.74. The quantitative estimate of drug-likeness (QED) is 0.539. The average Bonchev–Trinajstić information content (AvgIpc) is 3.11. The highest BCUT2D eigenvalue weighted by Gasteiger charge is 2.19. The summed E-state index contributed by atoms with van der Waals surface area (Å²) in [6, 6.07) is 5.49. The van der Waals surface area contributed by atoms with Gasteiger partial charge in [-0.05, 0) is 38.5 Å². The fourth-order valence-corrected chi connectivity index (χ4v) is 4.48. The summed E-state index contributed by atoms with van der Waals surface area (Å²) in [6.07, 6.45) is 0.530. The number of nitrogens with zero attached hydrogens (tertiary/aromatic N) is 5. The number of nitrogens with one attached hydrogen (secondary N) is 1. The molecule has 2 aromatic rings. The summed E-state index contributed by atoms with van der Waals surface area (Å²) in [7, 11) is -3.46. The van der Waals surface area contributed by atoms with E-state index in [4.69, 9.17) is 0 Å². The number of rotatable bonds is 9. The minimum absolute atomic E-state index is 0.0461. The molecule has 0 atom stereocenters. The van der Waals surface area contributed by atoms with Crippen LogP contribution in [0.2, 0.25) is 0 Å². The Hall–Kier alpha value is -2.07. The van der Waals surface area contributed by atoms with Crippen molar-refractivity contribution in [3.05, 3.63) is 23.2 Å². The Morgan fingerprint density at radius 2 is 1.79 bits per heavy atom. The molecular formula is C19H30N6O2S2. The third-order valence-corrected chi connectivity index (χ3v) is 6.86. The van der Waals surface area contributed by atoms with E-state index in [-0.39, 0.29) is 11.2 Å². The number of hydrogen-bond acceptors (Lipinski definition) is 8. The van der Waals surface area contributed by atoms with Crippen LogP contribution in [0.5, 0.6) is 0 Å². The first-order valence-corrected chi connectivity index (χ1v) is 12.2. The number of aromatic nitrogens is 2. The largest absolute Gasteiger partial charge is 0.372 e. The Morgan fingerprint density at radius 3 is 2.34 bits per heavy atom. The molecule has 1 aromatic heterocycles. The highest BCUT2D eigenvalue weighted by Crippen LogP contribution is 2.34. The van der Waals surface area contributed by atoms with Crippen LogP contribution in [0.3, 0.4) is 0 Å². The molecule has 8 nitrogen and oxygen atoms in total.